The Kier molecular flexibility index (Phi) is 2.51. The van der Waals surface area contributed by atoms with Crippen LogP contribution in [0.4, 0.5) is 0 Å². The van der Waals surface area contributed by atoms with Crippen molar-refractivity contribution >= 4 is 22.3 Å². The average molecular weight is 278 g/mol. The lowest BCUT2D eigenvalue weighted by Gasteiger charge is -2.41. The number of benzene rings is 1. The van der Waals surface area contributed by atoms with E-state index in [1.165, 1.54) is 5.56 Å². The second-order valence-corrected chi connectivity index (χ2v) is 7.47. The van der Waals surface area contributed by atoms with Crippen LogP contribution in [0.2, 0.25) is 0 Å². The smallest absolute Gasteiger partial charge is 0.277 e. The molecule has 3 rings (SSSR count). The van der Waals surface area contributed by atoms with E-state index in [0.717, 1.165) is 16.7 Å². The SMILES string of the molecule is CC(C)c1c(C(C)(C)C(C)(C)C)c2ooc2c2ooc12. The zero-order valence-corrected chi connectivity index (χ0v) is 13.2. The van der Waals surface area contributed by atoms with Crippen LogP contribution in [0.1, 0.15) is 65.5 Å². The molecule has 4 heteroatoms. The Bertz CT molecular complexity index is 752. The van der Waals surface area contributed by atoms with Gasteiger partial charge in [0.2, 0.25) is 11.2 Å². The quantitative estimate of drug-likeness (QED) is 0.555. The Labute approximate surface area is 117 Å². The van der Waals surface area contributed by atoms with Crippen molar-refractivity contribution in [2.45, 2.75) is 59.8 Å². The molecule has 0 aliphatic carbocycles. The monoisotopic (exact) mass is 278 g/mol. The van der Waals surface area contributed by atoms with Gasteiger partial charge in [-0.3, -0.25) is 18.3 Å². The topological polar surface area (TPSA) is 52.6 Å². The molecule has 0 unspecified atom stereocenters. The first kappa shape index (κ1) is 13.4. The fraction of sp³-hybridized carbons (Fsp3) is 0.625. The minimum Gasteiger partial charge on any atom is -0.285 e. The van der Waals surface area contributed by atoms with E-state index < -0.39 is 0 Å². The lowest BCUT2D eigenvalue weighted by molar-refractivity contribution is 0.0334. The van der Waals surface area contributed by atoms with Crippen LogP contribution in [0.15, 0.2) is 18.3 Å². The summed E-state index contributed by atoms with van der Waals surface area (Å²) in [6, 6.07) is 0. The number of hydrogen-bond acceptors (Lipinski definition) is 4. The maximum Gasteiger partial charge on any atom is 0.277 e. The molecule has 20 heavy (non-hydrogen) atoms. The minimum atomic E-state index is -0.0888. The van der Waals surface area contributed by atoms with Crippen molar-refractivity contribution in [2.75, 3.05) is 0 Å². The van der Waals surface area contributed by atoms with E-state index in [4.69, 9.17) is 18.3 Å². The first-order chi connectivity index (χ1) is 9.16. The molecule has 2 aromatic heterocycles. The van der Waals surface area contributed by atoms with Gasteiger partial charge in [0.25, 0.3) is 11.2 Å². The minimum absolute atomic E-state index is 0.0716. The largest absolute Gasteiger partial charge is 0.285 e. The molecule has 3 aromatic rings. The summed E-state index contributed by atoms with van der Waals surface area (Å²) in [5, 5.41) is 0. The van der Waals surface area contributed by atoms with E-state index in [1.807, 2.05) is 0 Å². The van der Waals surface area contributed by atoms with E-state index in [1.54, 1.807) is 0 Å². The molecule has 0 aliphatic rings. The normalized spacial score (nSPS) is 14.2. The van der Waals surface area contributed by atoms with Crippen molar-refractivity contribution in [3.8, 4) is 0 Å². The van der Waals surface area contributed by atoms with Gasteiger partial charge >= 0.3 is 0 Å². The van der Waals surface area contributed by atoms with Gasteiger partial charge in [0.1, 0.15) is 0 Å². The molecule has 0 saturated heterocycles. The van der Waals surface area contributed by atoms with E-state index >= 15 is 0 Å². The first-order valence-corrected chi connectivity index (χ1v) is 7.09. The third-order valence-electron chi connectivity index (χ3n) is 4.85. The highest BCUT2D eigenvalue weighted by molar-refractivity contribution is 6.01. The molecule has 0 aliphatic heterocycles. The molecule has 0 spiro atoms. The Morgan fingerprint density at radius 1 is 0.700 bits per heavy atom. The Morgan fingerprint density at radius 2 is 1.15 bits per heavy atom. The van der Waals surface area contributed by atoms with Gasteiger partial charge < -0.3 is 0 Å². The van der Waals surface area contributed by atoms with E-state index in [-0.39, 0.29) is 10.8 Å². The highest BCUT2D eigenvalue weighted by Gasteiger charge is 2.43. The van der Waals surface area contributed by atoms with Gasteiger partial charge in [-0.2, -0.15) is 0 Å². The van der Waals surface area contributed by atoms with Crippen LogP contribution < -0.4 is 0 Å². The summed E-state index contributed by atoms with van der Waals surface area (Å²) in [6.07, 6.45) is 0. The van der Waals surface area contributed by atoms with Gasteiger partial charge in [0, 0.05) is 11.1 Å². The summed E-state index contributed by atoms with van der Waals surface area (Å²) in [5.74, 6) is 0.318. The predicted octanol–water partition coefficient (Wildman–Crippen LogP) is 5.81. The molecule has 4 nitrogen and oxygen atoms in total. The van der Waals surface area contributed by atoms with E-state index in [9.17, 15) is 0 Å². The third-order valence-corrected chi connectivity index (χ3v) is 4.85. The highest BCUT2D eigenvalue weighted by atomic mass is 17.0. The lowest BCUT2D eigenvalue weighted by Crippen LogP contribution is -2.35. The molecule has 0 atom stereocenters. The Balaban J connectivity index is 2.41. The number of fused-ring (bicyclic) bond motifs is 3. The van der Waals surface area contributed by atoms with Crippen molar-refractivity contribution in [3.63, 3.8) is 0 Å². The number of hydrogen-bond donors (Lipinski definition) is 0. The predicted molar refractivity (Wildman–Crippen MR) is 77.1 cm³/mol. The molecule has 110 valence electrons. The van der Waals surface area contributed by atoms with Crippen LogP contribution in [-0.2, 0) is 5.41 Å². The maximum atomic E-state index is 5.31. The fourth-order valence-electron chi connectivity index (χ4n) is 2.64. The zero-order chi connectivity index (χ0) is 14.9. The van der Waals surface area contributed by atoms with Crippen LogP contribution in [0, 0.1) is 5.41 Å². The average Bonchev–Trinajstić information content (AvgIpc) is 2.23. The molecule has 0 fully saturated rings. The summed E-state index contributed by atoms with van der Waals surface area (Å²) in [7, 11) is 0. The van der Waals surface area contributed by atoms with Crippen LogP contribution in [0.3, 0.4) is 0 Å². The van der Waals surface area contributed by atoms with Crippen molar-refractivity contribution < 1.29 is 18.3 Å². The van der Waals surface area contributed by atoms with Gasteiger partial charge in [0.15, 0.2) is 0 Å². The van der Waals surface area contributed by atoms with Crippen LogP contribution in [0.25, 0.3) is 22.3 Å². The molecule has 0 amide bonds. The first-order valence-electron chi connectivity index (χ1n) is 7.09. The molecule has 2 heterocycles. The van der Waals surface area contributed by atoms with Gasteiger partial charge in [0.05, 0.1) is 0 Å². The van der Waals surface area contributed by atoms with Crippen molar-refractivity contribution in [1.29, 1.82) is 0 Å². The van der Waals surface area contributed by atoms with Crippen LogP contribution >= 0.6 is 0 Å². The van der Waals surface area contributed by atoms with Crippen molar-refractivity contribution in [3.05, 3.63) is 11.1 Å². The summed E-state index contributed by atoms with van der Waals surface area (Å²) >= 11 is 0. The molecular weight excluding hydrogens is 256 g/mol. The fourth-order valence-corrected chi connectivity index (χ4v) is 2.64. The van der Waals surface area contributed by atoms with Gasteiger partial charge in [-0.15, -0.1) is 0 Å². The summed E-state index contributed by atoms with van der Waals surface area (Å²) in [4.78, 5) is 0. The maximum absolute atomic E-state index is 5.31. The van der Waals surface area contributed by atoms with Gasteiger partial charge in [-0.05, 0) is 16.7 Å². The third kappa shape index (κ3) is 1.48. The second-order valence-electron chi connectivity index (χ2n) is 7.47. The zero-order valence-electron chi connectivity index (χ0n) is 13.2. The molecular formula is C16H22O4. The van der Waals surface area contributed by atoms with Gasteiger partial charge in [-0.1, -0.05) is 48.5 Å². The van der Waals surface area contributed by atoms with Crippen LogP contribution in [-0.4, -0.2) is 0 Å². The highest BCUT2D eigenvalue weighted by Crippen LogP contribution is 2.50. The standard InChI is InChI=1S/C16H22O4/c1-8(2)9-10(16(6,7)15(3,4)5)12-14(20-18-12)13-11(9)17-19-13/h8H,1-7H3. The van der Waals surface area contributed by atoms with Crippen molar-refractivity contribution in [2.24, 2.45) is 5.41 Å². The van der Waals surface area contributed by atoms with E-state index in [0.29, 0.717) is 17.1 Å². The van der Waals surface area contributed by atoms with E-state index in [2.05, 4.69) is 48.5 Å². The van der Waals surface area contributed by atoms with Gasteiger partial charge in [-0.25, -0.2) is 0 Å². The lowest BCUT2D eigenvalue weighted by atomic mass is 9.63. The summed E-state index contributed by atoms with van der Waals surface area (Å²) in [5.41, 5.74) is 5.25. The molecule has 0 radical (unpaired) electrons. The Morgan fingerprint density at radius 3 is 1.50 bits per heavy atom. The number of rotatable bonds is 2. The summed E-state index contributed by atoms with van der Waals surface area (Å²) in [6.45, 7) is 15.5. The molecule has 0 N–H and O–H groups in total. The van der Waals surface area contributed by atoms with Crippen LogP contribution in [0.5, 0.6) is 0 Å². The molecule has 0 saturated carbocycles. The molecule has 1 aromatic carbocycles. The van der Waals surface area contributed by atoms with Crippen molar-refractivity contribution in [1.82, 2.24) is 0 Å². The summed E-state index contributed by atoms with van der Waals surface area (Å²) < 4.78 is 20.8. The molecule has 0 bridgehead atoms. The second kappa shape index (κ2) is 3.74. The Hall–Kier alpha value is -1.58.